The molecule has 0 rings (SSSR count). The van der Waals surface area contributed by atoms with Gasteiger partial charge in [-0.05, 0) is 173 Å². The Morgan fingerprint density at radius 3 is 0.612 bits per heavy atom. The highest BCUT2D eigenvalue weighted by molar-refractivity contribution is 7.47. The van der Waals surface area contributed by atoms with Crippen LogP contribution >= 0.6 is 15.6 Å². The number of ether oxygens (including phenoxy) is 3. The first-order valence-corrected chi connectivity index (χ1v) is 54.0. The molecule has 5 unspecified atom stereocenters. The monoisotopic (exact) mass is 1840 g/mol. The lowest BCUT2D eigenvalue weighted by molar-refractivity contribution is -0.161. The summed E-state index contributed by atoms with van der Waals surface area (Å²) in [6.45, 7) is 2.38. The Labute approximate surface area is 787 Å². The largest absolute Gasteiger partial charge is 0.472 e. The van der Waals surface area contributed by atoms with E-state index in [1.54, 1.807) is 0 Å². The number of aliphatic hydroxyl groups excluding tert-OH is 2. The fraction of sp³-hybridized carbons (Fsp3) is 0.649. The molecule has 5 atom stereocenters. The van der Waals surface area contributed by atoms with Crippen molar-refractivity contribution in [3.8, 4) is 0 Å². The predicted molar refractivity (Wildman–Crippen MR) is 546 cm³/mol. The van der Waals surface area contributed by atoms with Crippen molar-refractivity contribution < 1.29 is 75.8 Å². The van der Waals surface area contributed by atoms with Crippen molar-refractivity contribution in [1.29, 1.82) is 0 Å². The molecular weight excluding hydrogens is 1650 g/mol. The van der Waals surface area contributed by atoms with Crippen molar-refractivity contribution in [2.45, 2.75) is 424 Å². The van der Waals surface area contributed by atoms with Gasteiger partial charge in [0.2, 0.25) is 0 Å². The molecule has 16 nitrogen and oxygen atoms in total. The number of hydrogen-bond acceptors (Lipinski definition) is 14. The Morgan fingerprint density at radius 1 is 0.217 bits per heavy atom. The van der Waals surface area contributed by atoms with Gasteiger partial charge in [-0.1, -0.05) is 432 Å². The van der Waals surface area contributed by atoms with Gasteiger partial charge < -0.3 is 34.2 Å². The summed E-state index contributed by atoms with van der Waals surface area (Å²) in [4.78, 5) is 59.2. The lowest BCUT2D eigenvalue weighted by Crippen LogP contribution is -2.30. The highest BCUT2D eigenvalue weighted by Gasteiger charge is 2.30. The van der Waals surface area contributed by atoms with Crippen molar-refractivity contribution >= 4 is 33.6 Å². The Kier molecular flexibility index (Phi) is 96.1. The number of phosphoric ester groups is 2. The van der Waals surface area contributed by atoms with E-state index < -0.39 is 91.5 Å². The summed E-state index contributed by atoms with van der Waals surface area (Å²) in [5.74, 6) is -1.58. The first-order chi connectivity index (χ1) is 63.2. The van der Waals surface area contributed by atoms with Crippen LogP contribution in [-0.2, 0) is 55.8 Å². The molecule has 734 valence electrons. The second kappa shape index (κ2) is 101. The normalized spacial score (nSPS) is 14.6. The number of carbonyl (C=O) groups is 3. The third kappa shape index (κ3) is 102. The van der Waals surface area contributed by atoms with E-state index in [2.05, 4.69) is 240 Å². The molecule has 0 heterocycles. The van der Waals surface area contributed by atoms with Gasteiger partial charge in [0.25, 0.3) is 0 Å². The van der Waals surface area contributed by atoms with Crippen LogP contribution in [0.25, 0.3) is 0 Å². The molecule has 0 spiro atoms. The van der Waals surface area contributed by atoms with Gasteiger partial charge in [0.15, 0.2) is 6.10 Å². The number of phosphoric acid groups is 2. The van der Waals surface area contributed by atoms with Crippen LogP contribution in [0, 0.1) is 0 Å². The molecule has 0 bridgehead atoms. The van der Waals surface area contributed by atoms with Crippen molar-refractivity contribution in [2.24, 2.45) is 0 Å². The molecule has 0 aliphatic rings. The molecule has 0 saturated heterocycles. The van der Waals surface area contributed by atoms with E-state index in [0.717, 1.165) is 199 Å². The minimum Gasteiger partial charge on any atom is -0.463 e. The van der Waals surface area contributed by atoms with Crippen molar-refractivity contribution in [3.05, 3.63) is 219 Å². The fourth-order valence-corrected chi connectivity index (χ4v) is 15.2. The number of carbonyl (C=O) groups excluding carboxylic acids is 3. The van der Waals surface area contributed by atoms with Crippen LogP contribution in [-0.4, -0.2) is 95.9 Å². The maximum Gasteiger partial charge on any atom is 0.472 e. The van der Waals surface area contributed by atoms with E-state index in [1.165, 1.54) is 148 Å². The van der Waals surface area contributed by atoms with Crippen LogP contribution < -0.4 is 0 Å². The third-order valence-electron chi connectivity index (χ3n) is 21.2. The molecule has 0 aliphatic heterocycles. The minimum absolute atomic E-state index is 0.0907. The first-order valence-electron chi connectivity index (χ1n) is 51.0. The topological polar surface area (TPSA) is 231 Å². The van der Waals surface area contributed by atoms with E-state index in [4.69, 9.17) is 32.3 Å². The summed E-state index contributed by atoms with van der Waals surface area (Å²) in [7, 11) is -9.83. The zero-order valence-corrected chi connectivity index (χ0v) is 83.1. The summed E-state index contributed by atoms with van der Waals surface area (Å²) in [5.41, 5.74) is 0. The van der Waals surface area contributed by atoms with Crippen LogP contribution in [0.3, 0.4) is 0 Å². The van der Waals surface area contributed by atoms with Crippen LogP contribution in [0.15, 0.2) is 219 Å². The number of hydrogen-bond donors (Lipinski definition) is 4. The van der Waals surface area contributed by atoms with E-state index in [9.17, 15) is 43.5 Å². The van der Waals surface area contributed by atoms with Crippen molar-refractivity contribution in [2.75, 3.05) is 39.6 Å². The van der Waals surface area contributed by atoms with Crippen LogP contribution in [0.5, 0.6) is 0 Å². The third-order valence-corrected chi connectivity index (χ3v) is 23.1. The quantitative estimate of drug-likeness (QED) is 0.0146. The van der Waals surface area contributed by atoms with Crippen LogP contribution in [0.1, 0.15) is 406 Å². The van der Waals surface area contributed by atoms with E-state index in [0.29, 0.717) is 19.3 Å². The average Bonchev–Trinajstić information content (AvgIpc) is 0.898. The van der Waals surface area contributed by atoms with Gasteiger partial charge in [-0.2, -0.15) is 0 Å². The molecule has 4 N–H and O–H groups in total. The zero-order chi connectivity index (χ0) is 93.5. The Morgan fingerprint density at radius 2 is 0.388 bits per heavy atom. The van der Waals surface area contributed by atoms with Crippen LogP contribution in [0.2, 0.25) is 0 Å². The molecule has 18 heteroatoms. The number of allylic oxidation sites excluding steroid dienone is 36. The lowest BCUT2D eigenvalue weighted by Gasteiger charge is -2.21. The number of aliphatic hydroxyl groups is 2. The van der Waals surface area contributed by atoms with Gasteiger partial charge in [0, 0.05) is 19.3 Å². The number of esters is 3. The Bertz CT molecular complexity index is 3230. The molecule has 0 saturated carbocycles. The molecule has 0 aromatic rings. The molecule has 0 aromatic carbocycles. The Hall–Kier alpha value is -6.13. The molecule has 0 amide bonds. The lowest BCUT2D eigenvalue weighted by atomic mass is 10.0. The van der Waals surface area contributed by atoms with Gasteiger partial charge in [-0.15, -0.1) is 0 Å². The van der Waals surface area contributed by atoms with Gasteiger partial charge in [-0.25, -0.2) is 9.13 Å². The summed E-state index contributed by atoms with van der Waals surface area (Å²) in [5, 5.41) is 20.8. The zero-order valence-electron chi connectivity index (χ0n) is 81.3. The summed E-state index contributed by atoms with van der Waals surface area (Å²) in [6.07, 6.45) is 138. The molecule has 129 heavy (non-hydrogen) atoms. The predicted octanol–water partition coefficient (Wildman–Crippen LogP) is 32.5. The van der Waals surface area contributed by atoms with Crippen molar-refractivity contribution in [3.63, 3.8) is 0 Å². The highest BCUT2D eigenvalue weighted by Crippen LogP contribution is 2.45. The number of unbranched alkanes of at least 4 members (excludes halogenated alkanes) is 36. The van der Waals surface area contributed by atoms with E-state index in [1.807, 2.05) is 0 Å². The van der Waals surface area contributed by atoms with Crippen LogP contribution in [0.4, 0.5) is 0 Å². The molecule has 0 aliphatic carbocycles. The first kappa shape index (κ1) is 123. The van der Waals surface area contributed by atoms with Crippen molar-refractivity contribution in [1.82, 2.24) is 0 Å². The summed E-state index contributed by atoms with van der Waals surface area (Å²) in [6, 6.07) is 0. The smallest absolute Gasteiger partial charge is 0.463 e. The Balaban J connectivity index is 4.63. The van der Waals surface area contributed by atoms with Gasteiger partial charge in [0.05, 0.1) is 26.4 Å². The second-order valence-electron chi connectivity index (χ2n) is 33.5. The summed E-state index contributed by atoms with van der Waals surface area (Å²) < 4.78 is 61.7. The van der Waals surface area contributed by atoms with Gasteiger partial charge in [0.1, 0.15) is 25.4 Å². The summed E-state index contributed by atoms with van der Waals surface area (Å²) >= 11 is 0. The van der Waals surface area contributed by atoms with E-state index in [-0.39, 0.29) is 19.3 Å². The van der Waals surface area contributed by atoms with Gasteiger partial charge >= 0.3 is 33.6 Å². The maximum atomic E-state index is 13.1. The maximum absolute atomic E-state index is 13.1. The standard InChI is InChI=1S/C111H184O16P2/c1-4-7-10-13-16-19-22-25-28-31-34-37-40-43-46-49-50-51-52-53-54-57-59-61-64-67-70-73-76-79-82-85-88-91-94-97-109(114)121-100-106(112)101-123-128(117,118)124-102-107(113)103-125-129(119,120)126-105-108(127-111(116)99-96-93-90-87-84-81-78-75-72-69-66-63-60-56-48-45-42-39-36-33-30-27-24-21-18-15-12-9-6-3)104-122-110(115)98-95-92-89-86-83-80-77-74-71-68-65-62-58-55-47-44-41-38-35-32-29-26-23-20-17-14-11-8-5-2/h7-12,16-21,25-30,34-39,43-48,50-51,58,60,62-63,106-108,112-113H,4-6,13-15,22-24,31-33,40-42,49,52-57,59,61,64-105H2,1-3H3,(H,117,118)(H,119,120)/b10-7-,11-8-,12-9-,19-16-,20-17-,21-18-,28-25-,29-26-,30-27-,37-34-,38-35-,39-36-,46-43-,47-44-,48-45-,51-50-,62-58-,63-60-. The minimum atomic E-state index is -4.96. The molecule has 0 aromatic heterocycles. The molecular formula is C111H184O16P2. The fourth-order valence-electron chi connectivity index (χ4n) is 13.6. The van der Waals surface area contributed by atoms with Gasteiger partial charge in [-0.3, -0.25) is 32.5 Å². The highest BCUT2D eigenvalue weighted by atomic mass is 31.2. The SMILES string of the molecule is CC/C=C\C/C=C\C/C=C\C/C=C\C/C=C\C/C=C\CCCCCCCCCCCCCCCCCCC(=O)OCC(O)COP(=O)(O)OCC(O)COP(=O)(O)OCC(COC(=O)CCCCCCCCCCCC/C=C\C/C=C\C/C=C\C/C=C\C/C=C\C/C=C\CC)OC(=O)CCCCCCCCCCCC/C=C\C/C=C\C/C=C\C/C=C\C/C=C\C/C=C\CC. The average molecular weight is 1840 g/mol. The van der Waals surface area contributed by atoms with E-state index >= 15 is 0 Å². The second-order valence-corrected chi connectivity index (χ2v) is 36.4. The molecule has 0 fully saturated rings. The number of rotatable bonds is 95. The molecule has 0 radical (unpaired) electrons.